The van der Waals surface area contributed by atoms with Gasteiger partial charge in [0.15, 0.2) is 28.8 Å². The first kappa shape index (κ1) is 31.0. The van der Waals surface area contributed by atoms with Crippen molar-refractivity contribution in [1.82, 2.24) is 0 Å². The van der Waals surface area contributed by atoms with E-state index in [9.17, 15) is 20.1 Å². The first-order valence-electron chi connectivity index (χ1n) is 14.7. The minimum atomic E-state index is -0.347. The van der Waals surface area contributed by atoms with Gasteiger partial charge in [0.05, 0.1) is 14.2 Å². The van der Waals surface area contributed by atoms with Crippen LogP contribution < -0.4 is 9.47 Å². The summed E-state index contributed by atoms with van der Waals surface area (Å²) >= 11 is 0. The number of hydrogen-bond acceptors (Lipinski definition) is 6. The number of fused-ring (bicyclic) bond motifs is 2. The Kier molecular flexibility index (Phi) is 9.87. The first-order chi connectivity index (χ1) is 20.0. The fourth-order valence-corrected chi connectivity index (χ4v) is 6.91. The number of ether oxygens (including phenoxy) is 2. The molecule has 42 heavy (non-hydrogen) atoms. The Labute approximate surface area is 249 Å². The second-order valence-electron chi connectivity index (χ2n) is 12.0. The van der Waals surface area contributed by atoms with Crippen molar-refractivity contribution in [1.29, 1.82) is 0 Å². The van der Waals surface area contributed by atoms with Gasteiger partial charge in [-0.3, -0.25) is 4.79 Å². The Morgan fingerprint density at radius 2 is 1.71 bits per heavy atom. The van der Waals surface area contributed by atoms with Crippen molar-refractivity contribution in [3.05, 3.63) is 88.7 Å². The van der Waals surface area contributed by atoms with Gasteiger partial charge < -0.3 is 24.8 Å². The van der Waals surface area contributed by atoms with Gasteiger partial charge in [-0.25, -0.2) is 0 Å². The van der Waals surface area contributed by atoms with E-state index in [4.69, 9.17) is 9.47 Å². The number of carbonyl (C=O) groups is 1. The third-order valence-electron chi connectivity index (χ3n) is 9.06. The molecule has 2 aromatic rings. The van der Waals surface area contributed by atoms with Gasteiger partial charge in [-0.2, -0.15) is 0 Å². The van der Waals surface area contributed by atoms with Crippen molar-refractivity contribution in [3.8, 4) is 23.0 Å². The number of aliphatic hydroxyl groups excluding tert-OH is 1. The number of rotatable bonds is 11. The van der Waals surface area contributed by atoms with E-state index in [0.717, 1.165) is 24.8 Å². The van der Waals surface area contributed by atoms with Gasteiger partial charge in [0.2, 0.25) is 0 Å². The smallest absolute Gasteiger partial charge is 0.163 e. The van der Waals surface area contributed by atoms with E-state index in [-0.39, 0.29) is 46.7 Å². The molecule has 2 aromatic carbocycles. The van der Waals surface area contributed by atoms with Gasteiger partial charge in [-0.15, -0.1) is 0 Å². The molecule has 2 bridgehead atoms. The second kappa shape index (κ2) is 13.4. The number of benzene rings is 2. The molecule has 1 fully saturated rings. The number of ketones is 1. The number of methoxy groups -OCH3 is 2. The largest absolute Gasteiger partial charge is 0.508 e. The maximum atomic E-state index is 14.0. The van der Waals surface area contributed by atoms with Crippen LogP contribution in [-0.2, 0) is 4.79 Å². The van der Waals surface area contributed by atoms with Crippen LogP contribution in [0.2, 0.25) is 0 Å². The summed E-state index contributed by atoms with van der Waals surface area (Å²) in [7, 11) is 3.00. The van der Waals surface area contributed by atoms with Crippen LogP contribution >= 0.6 is 0 Å². The number of aromatic hydroxyl groups is 2. The van der Waals surface area contributed by atoms with Crippen molar-refractivity contribution in [3.63, 3.8) is 0 Å². The number of allylic oxidation sites excluding steroid dienone is 6. The topological polar surface area (TPSA) is 96.2 Å². The summed E-state index contributed by atoms with van der Waals surface area (Å²) in [5.74, 6) is 1.20. The van der Waals surface area contributed by atoms with Crippen LogP contribution in [0, 0.1) is 29.6 Å². The lowest BCUT2D eigenvalue weighted by Gasteiger charge is -2.52. The number of phenols is 2. The summed E-state index contributed by atoms with van der Waals surface area (Å²) in [5, 5.41) is 30.9. The van der Waals surface area contributed by atoms with E-state index in [0.29, 0.717) is 28.9 Å². The SMILES string of the molecule is COc1cc(/C=C/C(O)=C/C(=O)[C@@H]2[C@@H](c3ccc(O)c(OC)c3)[C@H]3C=C(C)[C@@H]2C[C@@H]3[C@@H](C)CCC=C(C)C)ccc1O. The fourth-order valence-electron chi connectivity index (χ4n) is 6.91. The minimum Gasteiger partial charge on any atom is -0.508 e. The van der Waals surface area contributed by atoms with Gasteiger partial charge in [-0.05, 0) is 105 Å². The first-order valence-corrected chi connectivity index (χ1v) is 14.7. The van der Waals surface area contributed by atoms with E-state index in [2.05, 4.69) is 39.8 Å². The zero-order valence-electron chi connectivity index (χ0n) is 25.5. The summed E-state index contributed by atoms with van der Waals surface area (Å²) in [4.78, 5) is 14.0. The van der Waals surface area contributed by atoms with Crippen molar-refractivity contribution in [2.24, 2.45) is 29.6 Å². The number of hydrogen-bond donors (Lipinski definition) is 3. The van der Waals surface area contributed by atoms with Gasteiger partial charge in [0.1, 0.15) is 5.76 Å². The highest BCUT2D eigenvalue weighted by atomic mass is 16.5. The summed E-state index contributed by atoms with van der Waals surface area (Å²) in [6.45, 7) is 8.71. The second-order valence-corrected chi connectivity index (χ2v) is 12.0. The molecule has 0 amide bonds. The van der Waals surface area contributed by atoms with Crippen LogP contribution in [-0.4, -0.2) is 35.3 Å². The number of carbonyl (C=O) groups excluding carboxylic acids is 1. The average Bonchev–Trinajstić information content (AvgIpc) is 2.96. The Bertz CT molecular complexity index is 1410. The Balaban J connectivity index is 1.67. The molecule has 0 aromatic heterocycles. The van der Waals surface area contributed by atoms with Crippen LogP contribution in [0.15, 0.2) is 77.6 Å². The molecule has 6 heteroatoms. The molecule has 3 aliphatic rings. The lowest BCUT2D eigenvalue weighted by atomic mass is 9.51. The summed E-state index contributed by atoms with van der Waals surface area (Å²) < 4.78 is 10.6. The van der Waals surface area contributed by atoms with Crippen LogP contribution in [0.25, 0.3) is 6.08 Å². The Morgan fingerprint density at radius 1 is 1.05 bits per heavy atom. The molecule has 0 radical (unpaired) electrons. The molecular weight excluding hydrogens is 528 g/mol. The van der Waals surface area contributed by atoms with Crippen molar-refractivity contribution < 1.29 is 29.6 Å². The minimum absolute atomic E-state index is 0.0295. The Hall–Kier alpha value is -3.93. The molecule has 0 heterocycles. The van der Waals surface area contributed by atoms with Gasteiger partial charge in [0, 0.05) is 17.9 Å². The number of aliphatic hydroxyl groups is 1. The fraction of sp³-hybridized carbons (Fsp3) is 0.417. The van der Waals surface area contributed by atoms with Gasteiger partial charge in [0.25, 0.3) is 0 Å². The standard InChI is InChI=1S/C36H44O6/c1-21(2)8-7-9-22(3)27-20-28-23(4)16-29(27)35(25-12-15-31(39)34(18-25)42-6)36(28)32(40)19-26(37)13-10-24-11-14-30(38)33(17-24)41-5/h8,10-19,22,27-29,35-39H,7,9,20H2,1-6H3/b13-10+,26-19-/t22-,27+,28-,29-,35-,36+/m0/s1. The molecule has 0 unspecified atom stereocenters. The van der Waals surface area contributed by atoms with E-state index in [1.807, 2.05) is 12.1 Å². The van der Waals surface area contributed by atoms with Crippen LogP contribution in [0.3, 0.4) is 0 Å². The molecule has 0 aliphatic heterocycles. The van der Waals surface area contributed by atoms with E-state index in [1.54, 1.807) is 24.3 Å². The molecule has 6 atom stereocenters. The summed E-state index contributed by atoms with van der Waals surface area (Å²) in [6, 6.07) is 10.3. The molecule has 0 spiro atoms. The highest BCUT2D eigenvalue weighted by Crippen LogP contribution is 2.58. The zero-order chi connectivity index (χ0) is 30.6. The lowest BCUT2D eigenvalue weighted by Crippen LogP contribution is -2.47. The Morgan fingerprint density at radius 3 is 2.38 bits per heavy atom. The molecule has 6 nitrogen and oxygen atoms in total. The van der Waals surface area contributed by atoms with Crippen molar-refractivity contribution in [2.75, 3.05) is 14.2 Å². The maximum absolute atomic E-state index is 14.0. The third-order valence-corrected chi connectivity index (χ3v) is 9.06. The predicted molar refractivity (Wildman–Crippen MR) is 167 cm³/mol. The maximum Gasteiger partial charge on any atom is 0.163 e. The van der Waals surface area contributed by atoms with Crippen LogP contribution in [0.4, 0.5) is 0 Å². The highest BCUT2D eigenvalue weighted by molar-refractivity contribution is 5.94. The molecule has 3 aliphatic carbocycles. The zero-order valence-corrected chi connectivity index (χ0v) is 25.5. The lowest BCUT2D eigenvalue weighted by molar-refractivity contribution is -0.123. The predicted octanol–water partition coefficient (Wildman–Crippen LogP) is 8.13. The van der Waals surface area contributed by atoms with Crippen LogP contribution in [0.5, 0.6) is 23.0 Å². The molecule has 0 saturated heterocycles. The molecule has 3 N–H and O–H groups in total. The van der Waals surface area contributed by atoms with Gasteiger partial charge >= 0.3 is 0 Å². The van der Waals surface area contributed by atoms with Gasteiger partial charge in [-0.1, -0.05) is 48.4 Å². The van der Waals surface area contributed by atoms with E-state index >= 15 is 0 Å². The highest BCUT2D eigenvalue weighted by Gasteiger charge is 2.51. The normalized spacial score (nSPS) is 24.3. The summed E-state index contributed by atoms with van der Waals surface area (Å²) in [5.41, 5.74) is 4.23. The van der Waals surface area contributed by atoms with Crippen LogP contribution in [0.1, 0.15) is 64.0 Å². The molecule has 1 saturated carbocycles. The molecule has 224 valence electrons. The third kappa shape index (κ3) is 6.75. The average molecular weight is 573 g/mol. The molecule has 5 rings (SSSR count). The van der Waals surface area contributed by atoms with E-state index in [1.165, 1.54) is 43.6 Å². The monoisotopic (exact) mass is 572 g/mol. The quantitative estimate of drug-likeness (QED) is 0.109. The molecular formula is C36H44O6. The summed E-state index contributed by atoms with van der Waals surface area (Å²) in [6.07, 6.45) is 12.2. The van der Waals surface area contributed by atoms with E-state index < -0.39 is 0 Å². The van der Waals surface area contributed by atoms with Crippen molar-refractivity contribution in [2.45, 2.75) is 52.9 Å². The van der Waals surface area contributed by atoms with Crippen molar-refractivity contribution >= 4 is 11.9 Å². The number of phenolic OH excluding ortho intramolecular Hbond substituents is 2.